The van der Waals surface area contributed by atoms with Crippen molar-refractivity contribution >= 4 is 44.3 Å². The zero-order valence-corrected chi connectivity index (χ0v) is 10.4. The van der Waals surface area contributed by atoms with Gasteiger partial charge in [-0.2, -0.15) is 0 Å². The Balaban J connectivity index is 0.00000121. The molecule has 0 bridgehead atoms. The minimum Gasteiger partial charge on any atom is -0.330 e. The quantitative estimate of drug-likeness (QED) is 0.891. The van der Waals surface area contributed by atoms with Gasteiger partial charge in [-0.05, 0) is 30.7 Å². The van der Waals surface area contributed by atoms with E-state index in [0.717, 1.165) is 15.4 Å². The van der Waals surface area contributed by atoms with Crippen molar-refractivity contribution in [2.24, 2.45) is 5.73 Å². The largest absolute Gasteiger partial charge is 0.330 e. The van der Waals surface area contributed by atoms with Gasteiger partial charge in [0.15, 0.2) is 0 Å². The maximum atomic E-state index is 5.43. The highest BCUT2D eigenvalue weighted by atomic mass is 79.9. The van der Waals surface area contributed by atoms with Crippen molar-refractivity contribution in [1.82, 2.24) is 0 Å². The first-order valence-electron chi connectivity index (χ1n) is 3.38. The van der Waals surface area contributed by atoms with Crippen LogP contribution < -0.4 is 5.73 Å². The zero-order chi connectivity index (χ0) is 8.27. The summed E-state index contributed by atoms with van der Waals surface area (Å²) in [7, 11) is 0. The summed E-state index contributed by atoms with van der Waals surface area (Å²) in [6.07, 6.45) is 0.924. The third kappa shape index (κ3) is 3.44. The van der Waals surface area contributed by atoms with Crippen molar-refractivity contribution in [3.8, 4) is 0 Å². The number of hydrogen-bond donors (Lipinski definition) is 1. The molecular formula is C8H10Br2ClN. The van der Waals surface area contributed by atoms with Gasteiger partial charge in [0.25, 0.3) is 0 Å². The first-order chi connectivity index (χ1) is 5.24. The van der Waals surface area contributed by atoms with Crippen LogP contribution in [0.5, 0.6) is 0 Å². The first kappa shape index (κ1) is 12.4. The fourth-order valence-corrected chi connectivity index (χ4v) is 2.13. The van der Waals surface area contributed by atoms with Crippen LogP contribution in [0.3, 0.4) is 0 Å². The number of halogens is 3. The van der Waals surface area contributed by atoms with Crippen molar-refractivity contribution in [2.45, 2.75) is 6.42 Å². The maximum absolute atomic E-state index is 5.43. The summed E-state index contributed by atoms with van der Waals surface area (Å²) in [5, 5.41) is 0. The molecule has 1 aromatic carbocycles. The second kappa shape index (κ2) is 5.97. The summed E-state index contributed by atoms with van der Waals surface area (Å²) in [5.41, 5.74) is 6.69. The predicted molar refractivity (Wildman–Crippen MR) is 61.8 cm³/mol. The minimum atomic E-state index is 0. The smallest absolute Gasteiger partial charge is 0.0218 e. The Hall–Kier alpha value is 0.430. The molecule has 0 atom stereocenters. The number of rotatable bonds is 2. The lowest BCUT2D eigenvalue weighted by molar-refractivity contribution is 0.963. The number of benzene rings is 1. The fraction of sp³-hybridized carbons (Fsp3) is 0.250. The molecule has 0 fully saturated rings. The summed E-state index contributed by atoms with van der Waals surface area (Å²) in [6.45, 7) is 0.695. The molecule has 4 heteroatoms. The highest BCUT2D eigenvalue weighted by Gasteiger charge is 1.97. The monoisotopic (exact) mass is 313 g/mol. The van der Waals surface area contributed by atoms with E-state index in [-0.39, 0.29) is 12.4 Å². The molecule has 0 aliphatic heterocycles. The second-order valence-electron chi connectivity index (χ2n) is 2.27. The Bertz CT molecular complexity index is 253. The predicted octanol–water partition coefficient (Wildman–Crippen LogP) is 3.13. The second-order valence-corrected chi connectivity index (χ2v) is 4.04. The molecule has 12 heavy (non-hydrogen) atoms. The third-order valence-electron chi connectivity index (χ3n) is 1.43. The van der Waals surface area contributed by atoms with E-state index in [4.69, 9.17) is 5.73 Å². The molecule has 0 aliphatic rings. The molecule has 1 aromatic rings. The Morgan fingerprint density at radius 1 is 1.25 bits per heavy atom. The minimum absolute atomic E-state index is 0. The van der Waals surface area contributed by atoms with Gasteiger partial charge >= 0.3 is 0 Å². The van der Waals surface area contributed by atoms with Gasteiger partial charge in [-0.3, -0.25) is 0 Å². The van der Waals surface area contributed by atoms with Gasteiger partial charge in [-0.1, -0.05) is 37.9 Å². The van der Waals surface area contributed by atoms with Crippen molar-refractivity contribution < 1.29 is 0 Å². The summed E-state index contributed by atoms with van der Waals surface area (Å²) >= 11 is 6.85. The molecule has 0 heterocycles. The molecule has 0 saturated carbocycles. The van der Waals surface area contributed by atoms with Crippen molar-refractivity contribution in [2.75, 3.05) is 6.54 Å². The maximum Gasteiger partial charge on any atom is 0.0218 e. The summed E-state index contributed by atoms with van der Waals surface area (Å²) in [6, 6.07) is 6.13. The molecule has 0 saturated heterocycles. The van der Waals surface area contributed by atoms with Crippen LogP contribution >= 0.6 is 44.3 Å². The molecule has 0 aromatic heterocycles. The standard InChI is InChI=1S/C8H9Br2N.ClH/c9-7-2-1-6(3-4-11)8(10)5-7;/h1-2,5H,3-4,11H2;1H. The lowest BCUT2D eigenvalue weighted by Crippen LogP contribution is -2.02. The van der Waals surface area contributed by atoms with Crippen LogP contribution in [0.25, 0.3) is 0 Å². The van der Waals surface area contributed by atoms with Gasteiger partial charge in [0.2, 0.25) is 0 Å². The first-order valence-corrected chi connectivity index (χ1v) is 4.96. The van der Waals surface area contributed by atoms with Gasteiger partial charge in [0.1, 0.15) is 0 Å². The van der Waals surface area contributed by atoms with E-state index >= 15 is 0 Å². The van der Waals surface area contributed by atoms with Crippen LogP contribution in [-0.4, -0.2) is 6.54 Å². The van der Waals surface area contributed by atoms with E-state index in [1.165, 1.54) is 5.56 Å². The fourth-order valence-electron chi connectivity index (χ4n) is 0.880. The van der Waals surface area contributed by atoms with Gasteiger partial charge < -0.3 is 5.73 Å². The third-order valence-corrected chi connectivity index (χ3v) is 2.66. The van der Waals surface area contributed by atoms with Gasteiger partial charge in [0, 0.05) is 8.95 Å². The molecular weight excluding hydrogens is 305 g/mol. The molecule has 0 unspecified atom stereocenters. The average molecular weight is 315 g/mol. The zero-order valence-electron chi connectivity index (χ0n) is 6.39. The topological polar surface area (TPSA) is 26.0 Å². The molecule has 68 valence electrons. The SMILES string of the molecule is Cl.NCCc1ccc(Br)cc1Br. The van der Waals surface area contributed by atoms with E-state index in [9.17, 15) is 0 Å². The molecule has 1 nitrogen and oxygen atoms in total. The lowest BCUT2D eigenvalue weighted by atomic mass is 10.2. The van der Waals surface area contributed by atoms with E-state index in [2.05, 4.69) is 37.9 Å². The Morgan fingerprint density at radius 3 is 2.42 bits per heavy atom. The molecule has 0 spiro atoms. The van der Waals surface area contributed by atoms with E-state index in [0.29, 0.717) is 6.54 Å². The number of nitrogens with two attached hydrogens (primary N) is 1. The average Bonchev–Trinajstić information content (AvgIpc) is 1.95. The summed E-state index contributed by atoms with van der Waals surface area (Å²) in [4.78, 5) is 0. The Labute approximate surface area is 95.4 Å². The van der Waals surface area contributed by atoms with Crippen LogP contribution in [0.15, 0.2) is 27.1 Å². The van der Waals surface area contributed by atoms with Crippen LogP contribution in [0, 0.1) is 0 Å². The highest BCUT2D eigenvalue weighted by Crippen LogP contribution is 2.21. The van der Waals surface area contributed by atoms with Crippen LogP contribution in [0.4, 0.5) is 0 Å². The van der Waals surface area contributed by atoms with E-state index in [1.54, 1.807) is 0 Å². The summed E-state index contributed by atoms with van der Waals surface area (Å²) < 4.78 is 2.21. The van der Waals surface area contributed by atoms with Gasteiger partial charge in [-0.15, -0.1) is 12.4 Å². The van der Waals surface area contributed by atoms with Crippen molar-refractivity contribution in [1.29, 1.82) is 0 Å². The van der Waals surface area contributed by atoms with E-state index < -0.39 is 0 Å². The van der Waals surface area contributed by atoms with Gasteiger partial charge in [-0.25, -0.2) is 0 Å². The molecule has 1 rings (SSSR count). The van der Waals surface area contributed by atoms with Crippen LogP contribution in [0.1, 0.15) is 5.56 Å². The molecule has 2 N–H and O–H groups in total. The highest BCUT2D eigenvalue weighted by molar-refractivity contribution is 9.11. The van der Waals surface area contributed by atoms with Gasteiger partial charge in [0.05, 0.1) is 0 Å². The van der Waals surface area contributed by atoms with Crippen molar-refractivity contribution in [3.63, 3.8) is 0 Å². The molecule has 0 aliphatic carbocycles. The number of hydrogen-bond acceptors (Lipinski definition) is 1. The summed E-state index contributed by atoms with van der Waals surface area (Å²) in [5.74, 6) is 0. The lowest BCUT2D eigenvalue weighted by Gasteiger charge is -2.01. The van der Waals surface area contributed by atoms with Crippen LogP contribution in [0.2, 0.25) is 0 Å². The van der Waals surface area contributed by atoms with E-state index in [1.807, 2.05) is 12.1 Å². The molecule has 0 amide bonds. The molecule has 0 radical (unpaired) electrons. The normalized spacial score (nSPS) is 9.25. The Kier molecular flexibility index (Phi) is 6.19. The Morgan fingerprint density at radius 2 is 1.92 bits per heavy atom. The van der Waals surface area contributed by atoms with Crippen LogP contribution in [-0.2, 0) is 6.42 Å². The van der Waals surface area contributed by atoms with Crippen molar-refractivity contribution in [3.05, 3.63) is 32.7 Å².